The summed E-state index contributed by atoms with van der Waals surface area (Å²) in [6, 6.07) is 5.53. The number of rotatable bonds is 4. The molecule has 1 aromatic carbocycles. The molecule has 7 heteroatoms. The van der Waals surface area contributed by atoms with Crippen molar-refractivity contribution in [1.29, 1.82) is 0 Å². The molecule has 0 bridgehead atoms. The zero-order valence-electron chi connectivity index (χ0n) is 13.8. The molecule has 0 spiro atoms. The number of aromatic nitrogens is 1. The summed E-state index contributed by atoms with van der Waals surface area (Å²) in [6.07, 6.45) is 4.00. The summed E-state index contributed by atoms with van der Waals surface area (Å²) in [5.41, 5.74) is 1.36. The minimum Gasteiger partial charge on any atom is -0.368 e. The molecule has 3 heterocycles. The number of carbonyl (C=O) groups is 2. The smallest absolute Gasteiger partial charge is 0.253 e. The monoisotopic (exact) mass is 361 g/mol. The molecule has 0 saturated carbocycles. The number of benzene rings is 1. The van der Waals surface area contributed by atoms with Crippen molar-refractivity contribution in [3.63, 3.8) is 0 Å². The minimum atomic E-state index is -0.300. The van der Waals surface area contributed by atoms with Gasteiger partial charge in [-0.25, -0.2) is 0 Å². The van der Waals surface area contributed by atoms with Gasteiger partial charge in [0.15, 0.2) is 0 Å². The highest BCUT2D eigenvalue weighted by Crippen LogP contribution is 2.27. The molecule has 4 rings (SSSR count). The summed E-state index contributed by atoms with van der Waals surface area (Å²) in [7, 11) is 0. The lowest BCUT2D eigenvalue weighted by atomic mass is 10.0. The van der Waals surface area contributed by atoms with Crippen LogP contribution in [0.1, 0.15) is 29.6 Å². The second-order valence-corrected chi connectivity index (χ2v) is 6.96. The lowest BCUT2D eigenvalue weighted by Gasteiger charge is -2.42. The van der Waals surface area contributed by atoms with Gasteiger partial charge in [-0.3, -0.25) is 9.59 Å². The van der Waals surface area contributed by atoms with E-state index in [1.807, 2.05) is 17.0 Å². The summed E-state index contributed by atoms with van der Waals surface area (Å²) in [6.45, 7) is 1.83. The Hall–Kier alpha value is -2.05. The van der Waals surface area contributed by atoms with Crippen molar-refractivity contribution in [3.8, 4) is 0 Å². The Balaban J connectivity index is 1.39. The van der Waals surface area contributed by atoms with Crippen LogP contribution >= 0.6 is 11.6 Å². The largest absolute Gasteiger partial charge is 0.368 e. The van der Waals surface area contributed by atoms with E-state index < -0.39 is 0 Å². The molecule has 2 unspecified atom stereocenters. The first-order valence-corrected chi connectivity index (χ1v) is 8.99. The number of hydrogen-bond donors (Lipinski definition) is 2. The Morgan fingerprint density at radius 1 is 1.36 bits per heavy atom. The predicted octanol–water partition coefficient (Wildman–Crippen LogP) is 2.33. The van der Waals surface area contributed by atoms with Crippen LogP contribution in [-0.2, 0) is 9.53 Å². The van der Waals surface area contributed by atoms with Crippen molar-refractivity contribution in [1.82, 2.24) is 15.2 Å². The van der Waals surface area contributed by atoms with Crippen LogP contribution in [0.15, 0.2) is 24.4 Å². The average molecular weight is 362 g/mol. The van der Waals surface area contributed by atoms with Crippen molar-refractivity contribution in [2.24, 2.45) is 0 Å². The van der Waals surface area contributed by atoms with E-state index >= 15 is 0 Å². The van der Waals surface area contributed by atoms with Crippen LogP contribution in [0.2, 0.25) is 5.02 Å². The van der Waals surface area contributed by atoms with Crippen LogP contribution in [-0.4, -0.2) is 53.5 Å². The Bertz CT molecular complexity index is 813. The first-order chi connectivity index (χ1) is 12.1. The van der Waals surface area contributed by atoms with Gasteiger partial charge in [-0.15, -0.1) is 0 Å². The highest BCUT2D eigenvalue weighted by atomic mass is 35.5. The zero-order valence-corrected chi connectivity index (χ0v) is 14.5. The van der Waals surface area contributed by atoms with Crippen LogP contribution < -0.4 is 5.32 Å². The van der Waals surface area contributed by atoms with Crippen molar-refractivity contribution >= 4 is 34.3 Å². The fourth-order valence-electron chi connectivity index (χ4n) is 3.53. The summed E-state index contributed by atoms with van der Waals surface area (Å²) in [5, 5.41) is 4.20. The number of nitrogens with zero attached hydrogens (tertiary/aromatic N) is 1. The number of fused-ring (bicyclic) bond motifs is 1. The lowest BCUT2D eigenvalue weighted by Crippen LogP contribution is -2.58. The molecule has 25 heavy (non-hydrogen) atoms. The SMILES string of the molecule is O=C(NCC1CCN1C(=O)C1CCCO1)c1c[nH]c2cccc(Cl)c12. The number of amides is 2. The molecule has 1 aromatic heterocycles. The van der Waals surface area contributed by atoms with Crippen molar-refractivity contribution in [2.45, 2.75) is 31.4 Å². The number of nitrogens with one attached hydrogen (secondary N) is 2. The third-order valence-electron chi connectivity index (χ3n) is 5.03. The van der Waals surface area contributed by atoms with Gasteiger partial charge in [0, 0.05) is 36.8 Å². The number of ether oxygens (including phenoxy) is 1. The summed E-state index contributed by atoms with van der Waals surface area (Å²) in [4.78, 5) is 29.8. The number of carbonyl (C=O) groups excluding carboxylic acids is 2. The van der Waals surface area contributed by atoms with E-state index in [4.69, 9.17) is 16.3 Å². The molecule has 0 aliphatic carbocycles. The molecule has 2 saturated heterocycles. The van der Waals surface area contributed by atoms with E-state index in [0.717, 1.165) is 36.7 Å². The minimum absolute atomic E-state index is 0.0429. The number of H-pyrrole nitrogens is 1. The highest BCUT2D eigenvalue weighted by Gasteiger charge is 2.37. The van der Waals surface area contributed by atoms with Gasteiger partial charge in [-0.1, -0.05) is 17.7 Å². The van der Waals surface area contributed by atoms with Gasteiger partial charge in [-0.2, -0.15) is 0 Å². The Labute approximate surface area is 150 Å². The maximum absolute atomic E-state index is 12.5. The van der Waals surface area contributed by atoms with Gasteiger partial charge in [0.2, 0.25) is 0 Å². The van der Waals surface area contributed by atoms with Gasteiger partial charge in [-0.05, 0) is 31.4 Å². The Kier molecular flexibility index (Phi) is 4.39. The molecule has 6 nitrogen and oxygen atoms in total. The quantitative estimate of drug-likeness (QED) is 0.877. The maximum Gasteiger partial charge on any atom is 0.253 e. The standard InChI is InChI=1S/C18H20ClN3O3/c19-13-3-1-4-14-16(13)12(10-20-14)17(23)21-9-11-6-7-22(11)18(24)15-5-2-8-25-15/h1,3-4,10-11,15,20H,2,5-9H2,(H,21,23). The third-order valence-corrected chi connectivity index (χ3v) is 5.34. The second-order valence-electron chi connectivity index (χ2n) is 6.55. The lowest BCUT2D eigenvalue weighted by molar-refractivity contribution is -0.148. The van der Waals surface area contributed by atoms with E-state index in [9.17, 15) is 9.59 Å². The van der Waals surface area contributed by atoms with Gasteiger partial charge in [0.25, 0.3) is 11.8 Å². The summed E-state index contributed by atoms with van der Waals surface area (Å²) < 4.78 is 5.47. The van der Waals surface area contributed by atoms with Crippen molar-refractivity contribution < 1.29 is 14.3 Å². The normalized spacial score (nSPS) is 22.8. The van der Waals surface area contributed by atoms with Gasteiger partial charge >= 0.3 is 0 Å². The van der Waals surface area contributed by atoms with E-state index in [1.165, 1.54) is 0 Å². The fourth-order valence-corrected chi connectivity index (χ4v) is 3.80. The van der Waals surface area contributed by atoms with Crippen LogP contribution in [0, 0.1) is 0 Å². The van der Waals surface area contributed by atoms with Crippen molar-refractivity contribution in [2.75, 3.05) is 19.7 Å². The molecule has 2 fully saturated rings. The van der Waals surface area contributed by atoms with E-state index in [2.05, 4.69) is 10.3 Å². The molecule has 2 aliphatic heterocycles. The molecule has 2 aliphatic rings. The zero-order chi connectivity index (χ0) is 17.4. The topological polar surface area (TPSA) is 74.4 Å². The van der Waals surface area contributed by atoms with Gasteiger partial charge in [0.1, 0.15) is 6.10 Å². The Morgan fingerprint density at radius 2 is 2.24 bits per heavy atom. The van der Waals surface area contributed by atoms with Gasteiger partial charge < -0.3 is 19.9 Å². The van der Waals surface area contributed by atoms with Crippen LogP contribution in [0.25, 0.3) is 10.9 Å². The Morgan fingerprint density at radius 3 is 2.96 bits per heavy atom. The molecule has 2 amide bonds. The molecule has 0 radical (unpaired) electrons. The first kappa shape index (κ1) is 16.4. The number of halogens is 1. The third kappa shape index (κ3) is 3.00. The second kappa shape index (κ2) is 6.69. The number of likely N-dealkylation sites (tertiary alicyclic amines) is 1. The van der Waals surface area contributed by atoms with Crippen molar-refractivity contribution in [3.05, 3.63) is 35.0 Å². The molecular weight excluding hydrogens is 342 g/mol. The van der Waals surface area contributed by atoms with E-state index in [1.54, 1.807) is 12.3 Å². The average Bonchev–Trinajstić information content (AvgIpc) is 3.24. The number of aromatic amines is 1. The van der Waals surface area contributed by atoms with Crippen LogP contribution in [0.5, 0.6) is 0 Å². The molecule has 2 N–H and O–H groups in total. The van der Waals surface area contributed by atoms with Crippen LogP contribution in [0.3, 0.4) is 0 Å². The number of hydrogen-bond acceptors (Lipinski definition) is 3. The van der Waals surface area contributed by atoms with Crippen LogP contribution in [0.4, 0.5) is 0 Å². The highest BCUT2D eigenvalue weighted by molar-refractivity contribution is 6.36. The molecule has 2 aromatic rings. The van der Waals surface area contributed by atoms with Gasteiger partial charge in [0.05, 0.1) is 16.6 Å². The maximum atomic E-state index is 12.5. The summed E-state index contributed by atoms with van der Waals surface area (Å²) >= 11 is 6.22. The first-order valence-electron chi connectivity index (χ1n) is 8.61. The molecule has 132 valence electrons. The predicted molar refractivity (Wildman–Crippen MR) is 94.7 cm³/mol. The van der Waals surface area contributed by atoms with E-state index in [0.29, 0.717) is 23.7 Å². The van der Waals surface area contributed by atoms with E-state index in [-0.39, 0.29) is 24.0 Å². The molecular formula is C18H20ClN3O3. The summed E-state index contributed by atoms with van der Waals surface area (Å²) in [5.74, 6) is -0.131. The molecule has 2 atom stereocenters. The fraction of sp³-hybridized carbons (Fsp3) is 0.444.